The van der Waals surface area contributed by atoms with Crippen LogP contribution in [0.5, 0.6) is 0 Å². The molecular formula is C45H30F2S. The van der Waals surface area contributed by atoms with Gasteiger partial charge in [0.25, 0.3) is 0 Å². The van der Waals surface area contributed by atoms with Crippen molar-refractivity contribution in [3.63, 3.8) is 0 Å². The zero-order valence-electron chi connectivity index (χ0n) is 26.0. The minimum atomic E-state index is -0.269. The Bertz CT molecular complexity index is 2370. The molecule has 0 spiro atoms. The Kier molecular flexibility index (Phi) is 8.05. The molecule has 3 heteroatoms. The van der Waals surface area contributed by atoms with Gasteiger partial charge in [0.1, 0.15) is 11.6 Å². The van der Waals surface area contributed by atoms with Gasteiger partial charge in [-0.15, -0.1) is 0 Å². The molecule has 8 rings (SSSR count). The zero-order chi connectivity index (χ0) is 32.5. The molecule has 1 aliphatic carbocycles. The highest BCUT2D eigenvalue weighted by molar-refractivity contribution is 8.03. The van der Waals surface area contributed by atoms with Crippen molar-refractivity contribution in [2.45, 2.75) is 11.3 Å². The molecule has 48 heavy (non-hydrogen) atoms. The Morgan fingerprint density at radius 3 is 1.73 bits per heavy atom. The van der Waals surface area contributed by atoms with Crippen molar-refractivity contribution in [2.24, 2.45) is 0 Å². The summed E-state index contributed by atoms with van der Waals surface area (Å²) in [5, 5.41) is 4.27. The molecule has 7 aromatic carbocycles. The van der Waals surface area contributed by atoms with Gasteiger partial charge in [-0.3, -0.25) is 0 Å². The van der Waals surface area contributed by atoms with Crippen LogP contribution in [0.15, 0.2) is 179 Å². The summed E-state index contributed by atoms with van der Waals surface area (Å²) in [6.45, 7) is 0. The summed E-state index contributed by atoms with van der Waals surface area (Å²) in [6.07, 6.45) is 9.82. The number of benzene rings is 7. The Balaban J connectivity index is 1.22. The molecule has 230 valence electrons. The van der Waals surface area contributed by atoms with E-state index in [-0.39, 0.29) is 11.6 Å². The Morgan fingerprint density at radius 2 is 1.08 bits per heavy atom. The second-order valence-electron chi connectivity index (χ2n) is 11.9. The maximum absolute atomic E-state index is 14.2. The van der Waals surface area contributed by atoms with Crippen molar-refractivity contribution in [1.82, 2.24) is 0 Å². The molecule has 1 aliphatic rings. The Morgan fingerprint density at radius 1 is 0.500 bits per heavy atom. The van der Waals surface area contributed by atoms with Crippen LogP contribution in [-0.4, -0.2) is 0 Å². The summed E-state index contributed by atoms with van der Waals surface area (Å²) in [5.41, 5.74) is 8.68. The summed E-state index contributed by atoms with van der Waals surface area (Å²) in [4.78, 5) is 2.40. The van der Waals surface area contributed by atoms with Crippen LogP contribution >= 0.6 is 11.8 Å². The van der Waals surface area contributed by atoms with Crippen LogP contribution < -0.4 is 0 Å². The number of hydrogen-bond acceptors (Lipinski definition) is 1. The van der Waals surface area contributed by atoms with Crippen molar-refractivity contribution >= 4 is 39.4 Å². The summed E-state index contributed by atoms with van der Waals surface area (Å²) in [5.74, 6) is -0.535. The SMILES string of the molecule is Fc1ccc(-c2c3ccccc3c(-c3ccc(F)cc3)c3c(-c4ccc(SC5=CCC(=Cc6ccccc6)C=C5)cc4)cccc23)cc1. The summed E-state index contributed by atoms with van der Waals surface area (Å²) in [7, 11) is 0. The highest BCUT2D eigenvalue weighted by atomic mass is 32.2. The van der Waals surface area contributed by atoms with E-state index >= 15 is 0 Å². The van der Waals surface area contributed by atoms with Gasteiger partial charge in [0.2, 0.25) is 0 Å². The van der Waals surface area contributed by atoms with Gasteiger partial charge in [-0.2, -0.15) is 0 Å². The van der Waals surface area contributed by atoms with Gasteiger partial charge in [-0.1, -0.05) is 139 Å². The zero-order valence-corrected chi connectivity index (χ0v) is 26.9. The monoisotopic (exact) mass is 640 g/mol. The van der Waals surface area contributed by atoms with Crippen molar-refractivity contribution in [2.75, 3.05) is 0 Å². The van der Waals surface area contributed by atoms with E-state index in [9.17, 15) is 8.78 Å². The minimum absolute atomic E-state index is 0.266. The molecular weight excluding hydrogens is 611 g/mol. The van der Waals surface area contributed by atoms with Crippen molar-refractivity contribution in [3.8, 4) is 33.4 Å². The molecule has 0 atom stereocenters. The average Bonchev–Trinajstić information content (AvgIpc) is 3.13. The highest BCUT2D eigenvalue weighted by Gasteiger charge is 2.20. The lowest BCUT2D eigenvalue weighted by Crippen LogP contribution is -1.93. The van der Waals surface area contributed by atoms with Crippen molar-refractivity contribution in [1.29, 1.82) is 0 Å². The minimum Gasteiger partial charge on any atom is -0.207 e. The topological polar surface area (TPSA) is 0 Å². The smallest absolute Gasteiger partial charge is 0.123 e. The van der Waals surface area contributed by atoms with E-state index in [4.69, 9.17) is 0 Å². The van der Waals surface area contributed by atoms with Crippen molar-refractivity contribution in [3.05, 3.63) is 191 Å². The first kappa shape index (κ1) is 29.9. The maximum atomic E-state index is 14.2. The molecule has 0 bridgehead atoms. The van der Waals surface area contributed by atoms with Crippen LogP contribution in [0.2, 0.25) is 0 Å². The Hall–Kier alpha value is -5.51. The number of rotatable bonds is 6. The normalized spacial score (nSPS) is 13.7. The predicted octanol–water partition coefficient (Wildman–Crippen LogP) is 13.3. The van der Waals surface area contributed by atoms with E-state index in [1.807, 2.05) is 42.5 Å². The highest BCUT2D eigenvalue weighted by Crippen LogP contribution is 2.47. The molecule has 0 radical (unpaired) electrons. The Labute approximate surface area is 283 Å². The number of fused-ring (bicyclic) bond motifs is 2. The van der Waals surface area contributed by atoms with Crippen LogP contribution in [0.4, 0.5) is 8.78 Å². The van der Waals surface area contributed by atoms with Gasteiger partial charge in [0.05, 0.1) is 0 Å². The van der Waals surface area contributed by atoms with Gasteiger partial charge in [-0.05, 0) is 115 Å². The second kappa shape index (κ2) is 12.9. The lowest BCUT2D eigenvalue weighted by molar-refractivity contribution is 0.627. The summed E-state index contributed by atoms with van der Waals surface area (Å²) in [6, 6.07) is 47.4. The average molecular weight is 641 g/mol. The number of allylic oxidation sites excluding steroid dienone is 4. The molecule has 0 saturated heterocycles. The third-order valence-electron chi connectivity index (χ3n) is 8.87. The van der Waals surface area contributed by atoms with Crippen LogP contribution in [0, 0.1) is 11.6 Å². The van der Waals surface area contributed by atoms with E-state index in [1.54, 1.807) is 11.8 Å². The number of hydrogen-bond donors (Lipinski definition) is 0. The molecule has 0 aromatic heterocycles. The third kappa shape index (κ3) is 5.90. The maximum Gasteiger partial charge on any atom is 0.123 e. The number of thioether (sulfide) groups is 1. The van der Waals surface area contributed by atoms with Crippen LogP contribution in [-0.2, 0) is 0 Å². The fraction of sp³-hybridized carbons (Fsp3) is 0.0222. The predicted molar refractivity (Wildman–Crippen MR) is 200 cm³/mol. The van der Waals surface area contributed by atoms with Crippen LogP contribution in [0.25, 0.3) is 61.0 Å². The fourth-order valence-corrected chi connectivity index (χ4v) is 7.49. The first-order valence-electron chi connectivity index (χ1n) is 16.0. The third-order valence-corrected chi connectivity index (χ3v) is 9.91. The summed E-state index contributed by atoms with van der Waals surface area (Å²) < 4.78 is 28.2. The molecule has 0 fully saturated rings. The van der Waals surface area contributed by atoms with E-state index in [0.29, 0.717) is 0 Å². The molecule has 0 heterocycles. The molecule has 7 aromatic rings. The fourth-order valence-electron chi connectivity index (χ4n) is 6.64. The van der Waals surface area contributed by atoms with Crippen molar-refractivity contribution < 1.29 is 8.78 Å². The standard InChI is InChI=1S/C45H30F2S/c46-35-21-15-33(16-22-35)43-40-9-4-5-10-41(40)44(34-17-23-36(47)24-18-34)45-39(11-6-12-42(43)45)32-19-27-38(28-20-32)48-37-25-13-31(14-26-37)29-30-7-2-1-3-8-30/h1-13,15-29H,14H2. The van der Waals surface area contributed by atoms with E-state index in [1.165, 1.54) is 45.2 Å². The van der Waals surface area contributed by atoms with Gasteiger partial charge in [0.15, 0.2) is 0 Å². The van der Waals surface area contributed by atoms with Gasteiger partial charge in [-0.25, -0.2) is 8.78 Å². The summed E-state index contributed by atoms with van der Waals surface area (Å²) >= 11 is 1.77. The van der Waals surface area contributed by atoms with E-state index in [2.05, 4.69) is 103 Å². The molecule has 0 nitrogen and oxygen atoms in total. The lowest BCUT2D eigenvalue weighted by atomic mass is 9.83. The molecule has 0 aliphatic heterocycles. The van der Waals surface area contributed by atoms with E-state index < -0.39 is 0 Å². The van der Waals surface area contributed by atoms with E-state index in [0.717, 1.165) is 61.3 Å². The quantitative estimate of drug-likeness (QED) is 0.163. The largest absolute Gasteiger partial charge is 0.207 e. The van der Waals surface area contributed by atoms with Crippen LogP contribution in [0.1, 0.15) is 12.0 Å². The van der Waals surface area contributed by atoms with Crippen LogP contribution in [0.3, 0.4) is 0 Å². The van der Waals surface area contributed by atoms with Gasteiger partial charge in [0, 0.05) is 9.80 Å². The molecule has 0 N–H and O–H groups in total. The number of halogens is 2. The first-order chi connectivity index (χ1) is 23.6. The first-order valence-corrected chi connectivity index (χ1v) is 16.8. The molecule has 0 amide bonds. The second-order valence-corrected chi connectivity index (χ2v) is 13.1. The van der Waals surface area contributed by atoms with Gasteiger partial charge >= 0.3 is 0 Å². The lowest BCUT2D eigenvalue weighted by Gasteiger charge is -2.20. The van der Waals surface area contributed by atoms with Gasteiger partial charge < -0.3 is 0 Å². The molecule has 0 unspecified atom stereocenters. The molecule has 0 saturated carbocycles.